The van der Waals surface area contributed by atoms with Crippen molar-refractivity contribution in [1.29, 1.82) is 0 Å². The minimum absolute atomic E-state index is 0.113. The molecule has 2 aromatic rings. The monoisotopic (exact) mass is 341 g/mol. The second kappa shape index (κ2) is 7.70. The maximum absolute atomic E-state index is 12.2. The van der Waals surface area contributed by atoms with Gasteiger partial charge in [-0.15, -0.1) is 0 Å². The number of fused-ring (bicyclic) bond motifs is 1. The first-order valence-corrected chi connectivity index (χ1v) is 8.07. The fourth-order valence-corrected chi connectivity index (χ4v) is 2.67. The molecule has 25 heavy (non-hydrogen) atoms. The van der Waals surface area contributed by atoms with E-state index in [9.17, 15) is 9.59 Å². The van der Waals surface area contributed by atoms with E-state index in [4.69, 9.17) is 14.6 Å². The zero-order chi connectivity index (χ0) is 17.6. The number of rotatable bonds is 7. The Balaban J connectivity index is 1.42. The van der Waals surface area contributed by atoms with E-state index in [0.29, 0.717) is 25.1 Å². The highest BCUT2D eigenvalue weighted by molar-refractivity contribution is 5.82. The van der Waals surface area contributed by atoms with E-state index in [1.165, 1.54) is 0 Å². The van der Waals surface area contributed by atoms with Gasteiger partial charge >= 0.3 is 5.97 Å². The van der Waals surface area contributed by atoms with E-state index < -0.39 is 12.1 Å². The predicted molar refractivity (Wildman–Crippen MR) is 90.8 cm³/mol. The Morgan fingerprint density at radius 3 is 2.64 bits per heavy atom. The third kappa shape index (κ3) is 4.50. The van der Waals surface area contributed by atoms with Crippen molar-refractivity contribution < 1.29 is 24.2 Å². The van der Waals surface area contributed by atoms with E-state index >= 15 is 0 Å². The number of nitrogens with one attached hydrogen (secondary N) is 1. The number of carbonyl (C=O) groups is 2. The van der Waals surface area contributed by atoms with Crippen LogP contribution in [0, 0.1) is 0 Å². The lowest BCUT2D eigenvalue weighted by molar-refractivity contribution is -0.139. The molecule has 0 unspecified atom stereocenters. The molecule has 6 nitrogen and oxygen atoms in total. The molecule has 0 bridgehead atoms. The smallest absolute Gasteiger partial charge is 0.341 e. The lowest BCUT2D eigenvalue weighted by Crippen LogP contribution is -2.38. The minimum atomic E-state index is -1.01. The van der Waals surface area contributed by atoms with Crippen molar-refractivity contribution in [2.24, 2.45) is 0 Å². The van der Waals surface area contributed by atoms with Gasteiger partial charge in [-0.25, -0.2) is 4.79 Å². The molecule has 0 radical (unpaired) electrons. The highest BCUT2D eigenvalue weighted by atomic mass is 16.5. The van der Waals surface area contributed by atoms with Crippen molar-refractivity contribution in [2.75, 3.05) is 13.2 Å². The Kier molecular flexibility index (Phi) is 5.18. The van der Waals surface area contributed by atoms with Crippen LogP contribution in [0.15, 0.2) is 48.5 Å². The van der Waals surface area contributed by atoms with Gasteiger partial charge in [-0.05, 0) is 35.7 Å². The van der Waals surface area contributed by atoms with Gasteiger partial charge in [0.2, 0.25) is 0 Å². The van der Waals surface area contributed by atoms with Gasteiger partial charge in [0.15, 0.2) is 12.7 Å². The molecule has 6 heteroatoms. The van der Waals surface area contributed by atoms with E-state index in [1.807, 2.05) is 36.4 Å². The number of hydrogen-bond acceptors (Lipinski definition) is 4. The van der Waals surface area contributed by atoms with E-state index in [1.54, 1.807) is 12.1 Å². The maximum Gasteiger partial charge on any atom is 0.341 e. The van der Waals surface area contributed by atoms with Crippen molar-refractivity contribution >= 4 is 11.9 Å². The number of benzene rings is 2. The maximum atomic E-state index is 12.2. The first-order chi connectivity index (χ1) is 12.1. The first kappa shape index (κ1) is 16.8. The number of amides is 1. The van der Waals surface area contributed by atoms with Crippen LogP contribution < -0.4 is 14.8 Å². The molecule has 1 aliphatic rings. The van der Waals surface area contributed by atoms with E-state index in [-0.39, 0.29) is 12.5 Å². The molecule has 1 amide bonds. The van der Waals surface area contributed by atoms with Gasteiger partial charge in [-0.1, -0.05) is 30.3 Å². The quantitative estimate of drug-likeness (QED) is 0.802. The first-order valence-electron chi connectivity index (χ1n) is 8.07. The van der Waals surface area contributed by atoms with Gasteiger partial charge in [0.25, 0.3) is 5.91 Å². The van der Waals surface area contributed by atoms with Crippen LogP contribution in [0.25, 0.3) is 0 Å². The summed E-state index contributed by atoms with van der Waals surface area (Å²) >= 11 is 0. The number of carboxylic acids is 1. The Labute approximate surface area is 145 Å². The third-order valence-electron chi connectivity index (χ3n) is 3.94. The average Bonchev–Trinajstić information content (AvgIpc) is 3.05. The summed E-state index contributed by atoms with van der Waals surface area (Å²) < 4.78 is 10.7. The number of para-hydroxylation sites is 1. The highest BCUT2D eigenvalue weighted by Crippen LogP contribution is 2.28. The lowest BCUT2D eigenvalue weighted by Gasteiger charge is -2.11. The number of carboxylic acid groups (broad SMARTS) is 1. The summed E-state index contributed by atoms with van der Waals surface area (Å²) in [5.41, 5.74) is 2.08. The van der Waals surface area contributed by atoms with Crippen LogP contribution in [0.4, 0.5) is 0 Å². The van der Waals surface area contributed by atoms with Crippen molar-refractivity contribution in [3.8, 4) is 11.5 Å². The largest absolute Gasteiger partial charge is 0.482 e. The summed E-state index contributed by atoms with van der Waals surface area (Å²) in [7, 11) is 0. The number of ether oxygens (including phenoxy) is 2. The highest BCUT2D eigenvalue weighted by Gasteiger charge is 2.28. The van der Waals surface area contributed by atoms with Crippen LogP contribution in [-0.4, -0.2) is 36.2 Å². The average molecular weight is 341 g/mol. The molecule has 130 valence electrons. The van der Waals surface area contributed by atoms with Crippen molar-refractivity contribution in [3.63, 3.8) is 0 Å². The predicted octanol–water partition coefficient (Wildman–Crippen LogP) is 1.81. The fourth-order valence-electron chi connectivity index (χ4n) is 2.67. The molecule has 0 saturated carbocycles. The molecule has 0 aliphatic carbocycles. The fraction of sp³-hybridized carbons (Fsp3) is 0.263. The molecular weight excluding hydrogens is 322 g/mol. The Bertz CT molecular complexity index is 732. The van der Waals surface area contributed by atoms with Gasteiger partial charge in [0.05, 0.1) is 0 Å². The molecule has 3 rings (SSSR count). The summed E-state index contributed by atoms with van der Waals surface area (Å²) in [6.45, 7) is 0.142. The third-order valence-corrected chi connectivity index (χ3v) is 3.94. The van der Waals surface area contributed by atoms with Crippen LogP contribution in [0.1, 0.15) is 11.1 Å². The van der Waals surface area contributed by atoms with Crippen molar-refractivity contribution in [2.45, 2.75) is 18.9 Å². The van der Waals surface area contributed by atoms with Crippen LogP contribution in [-0.2, 0) is 22.4 Å². The summed E-state index contributed by atoms with van der Waals surface area (Å²) in [4.78, 5) is 22.6. The summed E-state index contributed by atoms with van der Waals surface area (Å²) in [5.74, 6) is 0.160. The summed E-state index contributed by atoms with van der Waals surface area (Å²) in [6, 6.07) is 14.8. The van der Waals surface area contributed by atoms with Crippen LogP contribution in [0.2, 0.25) is 0 Å². The molecule has 0 aromatic heterocycles. The van der Waals surface area contributed by atoms with Gasteiger partial charge in [0, 0.05) is 13.0 Å². The molecule has 2 aromatic carbocycles. The second-order valence-electron chi connectivity index (χ2n) is 5.79. The molecule has 0 saturated heterocycles. The SMILES string of the molecule is O=C(O)COc1ccc(CCNC(=O)[C@H]2Cc3ccccc3O2)cc1. The van der Waals surface area contributed by atoms with Gasteiger partial charge in [-0.3, -0.25) is 4.79 Å². The Hall–Kier alpha value is -3.02. The van der Waals surface area contributed by atoms with Crippen LogP contribution >= 0.6 is 0 Å². The summed E-state index contributed by atoms with van der Waals surface area (Å²) in [6.07, 6.45) is 0.798. The Morgan fingerprint density at radius 1 is 1.16 bits per heavy atom. The van der Waals surface area contributed by atoms with Crippen LogP contribution in [0.3, 0.4) is 0 Å². The Morgan fingerprint density at radius 2 is 1.92 bits per heavy atom. The molecule has 0 spiro atoms. The lowest BCUT2D eigenvalue weighted by atomic mass is 10.1. The van der Waals surface area contributed by atoms with Gasteiger partial charge < -0.3 is 19.9 Å². The molecular formula is C19H19NO5. The molecule has 2 N–H and O–H groups in total. The zero-order valence-corrected chi connectivity index (χ0v) is 13.6. The number of aliphatic carboxylic acids is 1. The zero-order valence-electron chi connectivity index (χ0n) is 13.6. The topological polar surface area (TPSA) is 84.9 Å². The molecule has 0 fully saturated rings. The second-order valence-corrected chi connectivity index (χ2v) is 5.79. The van der Waals surface area contributed by atoms with E-state index in [0.717, 1.165) is 16.9 Å². The van der Waals surface area contributed by atoms with E-state index in [2.05, 4.69) is 5.32 Å². The molecule has 1 heterocycles. The molecule has 1 atom stereocenters. The minimum Gasteiger partial charge on any atom is -0.482 e. The normalized spacial score (nSPS) is 15.1. The number of hydrogen-bond donors (Lipinski definition) is 2. The van der Waals surface area contributed by atoms with Gasteiger partial charge in [0.1, 0.15) is 11.5 Å². The van der Waals surface area contributed by atoms with Crippen molar-refractivity contribution in [1.82, 2.24) is 5.32 Å². The summed E-state index contributed by atoms with van der Waals surface area (Å²) in [5, 5.41) is 11.5. The molecule has 1 aliphatic heterocycles. The number of carbonyl (C=O) groups excluding carboxylic acids is 1. The van der Waals surface area contributed by atoms with Crippen LogP contribution in [0.5, 0.6) is 11.5 Å². The van der Waals surface area contributed by atoms with Gasteiger partial charge in [-0.2, -0.15) is 0 Å². The van der Waals surface area contributed by atoms with Crippen molar-refractivity contribution in [3.05, 3.63) is 59.7 Å². The standard InChI is InChI=1S/C19H19NO5/c21-18(22)12-24-15-7-5-13(6-8-15)9-10-20-19(23)17-11-14-3-1-2-4-16(14)25-17/h1-8,17H,9-12H2,(H,20,23)(H,21,22)/t17-/m1/s1.